The van der Waals surface area contributed by atoms with Crippen LogP contribution in [0.4, 0.5) is 13.2 Å². The van der Waals surface area contributed by atoms with Gasteiger partial charge in [0.15, 0.2) is 26.2 Å². The highest BCUT2D eigenvalue weighted by Gasteiger charge is 2.33. The lowest BCUT2D eigenvalue weighted by Gasteiger charge is -2.06. The van der Waals surface area contributed by atoms with Crippen molar-refractivity contribution in [3.63, 3.8) is 0 Å². The number of sulfone groups is 1. The molecule has 0 aliphatic carbocycles. The molecule has 0 atom stereocenters. The quantitative estimate of drug-likeness (QED) is 0.292. The number of benzene rings is 1. The summed E-state index contributed by atoms with van der Waals surface area (Å²) in [4.78, 5) is 12.6. The molecular weight excluding hydrogens is 540 g/mol. The van der Waals surface area contributed by atoms with E-state index < -0.39 is 21.6 Å². The Morgan fingerprint density at radius 3 is 2.28 bits per heavy atom. The molecule has 0 amide bonds. The van der Waals surface area contributed by atoms with Crippen molar-refractivity contribution in [2.24, 2.45) is 7.05 Å². The van der Waals surface area contributed by atoms with Gasteiger partial charge >= 0.3 is 6.18 Å². The molecule has 0 saturated heterocycles. The van der Waals surface area contributed by atoms with Crippen molar-refractivity contribution in [2.75, 3.05) is 5.75 Å². The first-order valence-corrected chi connectivity index (χ1v) is 12.8. The maximum absolute atomic E-state index is 13.2. The SMILES string of the molecule is CCS(=O)(=O)c1nn2cc(-c3cc(Cl)cc(Cl)c3)cnc2c1-c1nc2cc(C(F)(F)F)cnc2n1C. The molecule has 4 heterocycles. The van der Waals surface area contributed by atoms with E-state index in [2.05, 4.69) is 20.1 Å². The summed E-state index contributed by atoms with van der Waals surface area (Å²) >= 11 is 12.2. The molecule has 0 unspecified atom stereocenters. The van der Waals surface area contributed by atoms with Gasteiger partial charge < -0.3 is 4.57 Å². The molecule has 0 aliphatic rings. The molecule has 5 rings (SSSR count). The third-order valence-electron chi connectivity index (χ3n) is 5.57. The van der Waals surface area contributed by atoms with Gasteiger partial charge in [-0.1, -0.05) is 30.1 Å². The van der Waals surface area contributed by atoms with Crippen molar-refractivity contribution < 1.29 is 21.6 Å². The molecule has 14 heteroatoms. The van der Waals surface area contributed by atoms with Gasteiger partial charge in [0, 0.05) is 41.2 Å². The lowest BCUT2D eigenvalue weighted by Crippen LogP contribution is -2.07. The van der Waals surface area contributed by atoms with E-state index in [4.69, 9.17) is 23.2 Å². The minimum atomic E-state index is -4.61. The molecule has 0 spiro atoms. The van der Waals surface area contributed by atoms with Crippen LogP contribution in [0.3, 0.4) is 0 Å². The maximum Gasteiger partial charge on any atom is 0.417 e. The Kier molecular flexibility index (Phi) is 5.73. The zero-order valence-corrected chi connectivity index (χ0v) is 20.9. The average Bonchev–Trinajstić information content (AvgIpc) is 3.35. The van der Waals surface area contributed by atoms with Gasteiger partial charge in [-0.15, -0.1) is 0 Å². The summed E-state index contributed by atoms with van der Waals surface area (Å²) in [7, 11) is -2.36. The topological polar surface area (TPSA) is 95.0 Å². The van der Waals surface area contributed by atoms with Gasteiger partial charge in [-0.3, -0.25) is 0 Å². The highest BCUT2D eigenvalue weighted by Crippen LogP contribution is 2.35. The van der Waals surface area contributed by atoms with Crippen LogP contribution in [0.25, 0.3) is 39.3 Å². The van der Waals surface area contributed by atoms with E-state index in [1.807, 2.05) is 0 Å². The summed E-state index contributed by atoms with van der Waals surface area (Å²) in [5.41, 5.74) is 0.515. The molecular formula is C22H15Cl2F3N6O2S. The fourth-order valence-electron chi connectivity index (χ4n) is 3.79. The Bertz CT molecular complexity index is 1760. The minimum Gasteiger partial charge on any atom is -0.312 e. The molecule has 36 heavy (non-hydrogen) atoms. The van der Waals surface area contributed by atoms with E-state index in [0.29, 0.717) is 27.4 Å². The van der Waals surface area contributed by atoms with Gasteiger partial charge in [0.25, 0.3) is 0 Å². The summed E-state index contributed by atoms with van der Waals surface area (Å²) in [5.74, 6) is -0.203. The van der Waals surface area contributed by atoms with Crippen LogP contribution in [0.15, 0.2) is 47.9 Å². The number of pyridine rings is 1. The highest BCUT2D eigenvalue weighted by atomic mass is 35.5. The molecule has 0 saturated carbocycles. The van der Waals surface area contributed by atoms with E-state index in [0.717, 1.165) is 6.07 Å². The smallest absolute Gasteiger partial charge is 0.312 e. The van der Waals surface area contributed by atoms with Gasteiger partial charge in [-0.2, -0.15) is 18.3 Å². The number of hydrogen-bond acceptors (Lipinski definition) is 6. The number of halogens is 5. The minimum absolute atomic E-state index is 0.0493. The maximum atomic E-state index is 13.2. The first-order valence-electron chi connectivity index (χ1n) is 10.4. The second-order valence-electron chi connectivity index (χ2n) is 7.91. The van der Waals surface area contributed by atoms with Crippen molar-refractivity contribution in [3.05, 3.63) is 58.5 Å². The highest BCUT2D eigenvalue weighted by molar-refractivity contribution is 7.91. The van der Waals surface area contributed by atoms with E-state index in [-0.39, 0.29) is 39.0 Å². The van der Waals surface area contributed by atoms with Crippen molar-refractivity contribution in [3.8, 4) is 22.5 Å². The number of alkyl halides is 3. The van der Waals surface area contributed by atoms with E-state index >= 15 is 0 Å². The van der Waals surface area contributed by atoms with E-state index in [9.17, 15) is 21.6 Å². The number of fused-ring (bicyclic) bond motifs is 2. The molecule has 5 aromatic rings. The number of imidazole rings is 1. The average molecular weight is 555 g/mol. The van der Waals surface area contributed by atoms with Crippen molar-refractivity contribution in [1.82, 2.24) is 29.1 Å². The molecule has 0 radical (unpaired) electrons. The van der Waals surface area contributed by atoms with Crippen LogP contribution in [-0.2, 0) is 23.1 Å². The Labute approximate surface area is 212 Å². The third-order valence-corrected chi connectivity index (χ3v) is 7.64. The molecule has 186 valence electrons. The zero-order valence-electron chi connectivity index (χ0n) is 18.5. The van der Waals surface area contributed by atoms with Crippen LogP contribution < -0.4 is 0 Å². The first kappa shape index (κ1) is 24.5. The summed E-state index contributed by atoms with van der Waals surface area (Å²) in [6, 6.07) is 5.76. The second-order valence-corrected chi connectivity index (χ2v) is 11.0. The molecule has 4 aromatic heterocycles. The standard InChI is InChI=1S/C22H15Cl2F3N6O2S/c1-3-36(34,35)21-17(20-30-16-6-13(22(25,26)27)9-29-18(16)32(20)2)19-28-8-12(10-33(19)31-21)11-4-14(23)7-15(24)5-11/h4-10H,3H2,1-2H3. The largest absolute Gasteiger partial charge is 0.417 e. The Morgan fingerprint density at radius 2 is 1.64 bits per heavy atom. The zero-order chi connectivity index (χ0) is 26.0. The van der Waals surface area contributed by atoms with Gasteiger partial charge in [-0.05, 0) is 29.8 Å². The number of aromatic nitrogens is 6. The van der Waals surface area contributed by atoms with Crippen LogP contribution in [0.1, 0.15) is 12.5 Å². The fraction of sp³-hybridized carbons (Fsp3) is 0.182. The summed E-state index contributed by atoms with van der Waals surface area (Å²) in [5, 5.41) is 4.78. The molecule has 0 fully saturated rings. The van der Waals surface area contributed by atoms with E-state index in [1.54, 1.807) is 24.4 Å². The Balaban J connectivity index is 1.78. The number of rotatable bonds is 4. The molecule has 0 N–H and O–H groups in total. The lowest BCUT2D eigenvalue weighted by atomic mass is 10.1. The Hall–Kier alpha value is -3.22. The van der Waals surface area contributed by atoms with Crippen LogP contribution in [0, 0.1) is 0 Å². The van der Waals surface area contributed by atoms with Crippen molar-refractivity contribution in [1.29, 1.82) is 0 Å². The van der Waals surface area contributed by atoms with Crippen LogP contribution in [0.5, 0.6) is 0 Å². The normalized spacial score (nSPS) is 12.6. The summed E-state index contributed by atoms with van der Waals surface area (Å²) in [6.45, 7) is 1.46. The summed E-state index contributed by atoms with van der Waals surface area (Å²) in [6.07, 6.45) is -0.853. The van der Waals surface area contributed by atoms with Crippen LogP contribution in [-0.4, -0.2) is 43.3 Å². The van der Waals surface area contributed by atoms with Gasteiger partial charge in [0.1, 0.15) is 16.9 Å². The Morgan fingerprint density at radius 1 is 0.972 bits per heavy atom. The predicted octanol–water partition coefficient (Wildman–Crippen LogP) is 5.46. The fourth-order valence-corrected chi connectivity index (χ4v) is 5.29. The molecule has 0 aliphatic heterocycles. The van der Waals surface area contributed by atoms with Crippen molar-refractivity contribution in [2.45, 2.75) is 18.1 Å². The van der Waals surface area contributed by atoms with Gasteiger partial charge in [0.05, 0.1) is 11.3 Å². The van der Waals surface area contributed by atoms with Crippen LogP contribution >= 0.6 is 23.2 Å². The number of nitrogens with zero attached hydrogens (tertiary/aromatic N) is 6. The van der Waals surface area contributed by atoms with E-state index in [1.165, 1.54) is 29.3 Å². The first-order chi connectivity index (χ1) is 16.9. The number of aryl methyl sites for hydroxylation is 1. The third kappa shape index (κ3) is 4.08. The molecule has 0 bridgehead atoms. The van der Waals surface area contributed by atoms with Crippen LogP contribution in [0.2, 0.25) is 10.0 Å². The second kappa shape index (κ2) is 8.43. The lowest BCUT2D eigenvalue weighted by molar-refractivity contribution is -0.137. The number of hydrogen-bond donors (Lipinski definition) is 0. The van der Waals surface area contributed by atoms with Crippen molar-refractivity contribution >= 4 is 49.9 Å². The molecule has 8 nitrogen and oxygen atoms in total. The predicted molar refractivity (Wildman–Crippen MR) is 129 cm³/mol. The molecule has 1 aromatic carbocycles. The monoisotopic (exact) mass is 554 g/mol. The van der Waals surface area contributed by atoms with Gasteiger partial charge in [0.2, 0.25) is 0 Å². The van der Waals surface area contributed by atoms with Gasteiger partial charge in [-0.25, -0.2) is 27.9 Å². The summed E-state index contributed by atoms with van der Waals surface area (Å²) < 4.78 is 68.3.